The lowest BCUT2D eigenvalue weighted by atomic mass is 10.1. The van der Waals surface area contributed by atoms with Gasteiger partial charge in [-0.3, -0.25) is 10.1 Å². The van der Waals surface area contributed by atoms with Crippen LogP contribution in [0.5, 0.6) is 0 Å². The first-order chi connectivity index (χ1) is 9.60. The fourth-order valence-electron chi connectivity index (χ4n) is 1.59. The third-order valence-electron chi connectivity index (χ3n) is 2.49. The number of oxazole rings is 1. The van der Waals surface area contributed by atoms with Crippen LogP contribution in [0.3, 0.4) is 0 Å². The average Bonchev–Trinajstić information content (AvgIpc) is 2.87. The number of hydrogen-bond donors (Lipinski definition) is 1. The second-order valence-electron chi connectivity index (χ2n) is 4.08. The van der Waals surface area contributed by atoms with Crippen molar-refractivity contribution in [1.29, 1.82) is 0 Å². The third-order valence-corrected chi connectivity index (χ3v) is 2.49. The van der Waals surface area contributed by atoms with Crippen molar-refractivity contribution in [3.63, 3.8) is 0 Å². The van der Waals surface area contributed by atoms with E-state index in [1.54, 1.807) is 25.1 Å². The molecule has 0 saturated carbocycles. The van der Waals surface area contributed by atoms with E-state index in [0.29, 0.717) is 5.56 Å². The van der Waals surface area contributed by atoms with Crippen LogP contribution >= 0.6 is 0 Å². The lowest BCUT2D eigenvalue weighted by Gasteiger charge is -2.01. The lowest BCUT2D eigenvalue weighted by molar-refractivity contribution is 0.0519. The Labute approximate surface area is 115 Å². The molecule has 0 saturated heterocycles. The zero-order chi connectivity index (χ0) is 14.5. The van der Waals surface area contributed by atoms with Gasteiger partial charge in [0.25, 0.3) is 5.91 Å². The Morgan fingerprint density at radius 3 is 2.90 bits per heavy atom. The van der Waals surface area contributed by atoms with Crippen molar-refractivity contribution < 1.29 is 18.7 Å². The van der Waals surface area contributed by atoms with Crippen molar-refractivity contribution in [2.24, 2.45) is 0 Å². The van der Waals surface area contributed by atoms with Crippen LogP contribution in [0.15, 0.2) is 34.9 Å². The Hall–Kier alpha value is -2.63. The molecule has 0 aliphatic rings. The summed E-state index contributed by atoms with van der Waals surface area (Å²) < 4.78 is 9.78. The Morgan fingerprint density at radius 2 is 2.20 bits per heavy atom. The van der Waals surface area contributed by atoms with E-state index in [1.807, 2.05) is 13.0 Å². The summed E-state index contributed by atoms with van der Waals surface area (Å²) in [6.45, 7) is 3.83. The Balaban J connectivity index is 2.07. The summed E-state index contributed by atoms with van der Waals surface area (Å²) in [5.41, 5.74) is 1.48. The van der Waals surface area contributed by atoms with E-state index >= 15 is 0 Å². The number of benzene rings is 1. The molecular formula is C14H14N2O4. The molecule has 0 fully saturated rings. The Morgan fingerprint density at radius 1 is 1.40 bits per heavy atom. The van der Waals surface area contributed by atoms with E-state index < -0.39 is 5.97 Å². The molecule has 1 N–H and O–H groups in total. The van der Waals surface area contributed by atoms with E-state index in [4.69, 9.17) is 9.15 Å². The van der Waals surface area contributed by atoms with Crippen molar-refractivity contribution in [1.82, 2.24) is 4.98 Å². The molecule has 0 aliphatic carbocycles. The molecular weight excluding hydrogens is 260 g/mol. The van der Waals surface area contributed by atoms with E-state index in [1.165, 1.54) is 0 Å². The SMILES string of the molecule is CCOC(=O)c1coc(NC(=O)c2cccc(C)c2)n1. The van der Waals surface area contributed by atoms with Crippen molar-refractivity contribution >= 4 is 17.9 Å². The molecule has 1 aromatic carbocycles. The molecule has 0 spiro atoms. The fraction of sp³-hybridized carbons (Fsp3) is 0.214. The molecule has 2 rings (SSSR count). The molecule has 0 bridgehead atoms. The largest absolute Gasteiger partial charge is 0.461 e. The minimum absolute atomic E-state index is 0.0198. The number of aryl methyl sites for hydroxylation is 1. The summed E-state index contributed by atoms with van der Waals surface area (Å²) in [4.78, 5) is 27.2. The first kappa shape index (κ1) is 13.8. The Bertz CT molecular complexity index is 634. The molecule has 6 heteroatoms. The third kappa shape index (κ3) is 3.23. The standard InChI is InChI=1S/C14H14N2O4/c1-3-19-13(18)11-8-20-14(15-11)16-12(17)10-6-4-5-9(2)7-10/h4-8H,3H2,1-2H3,(H,15,16,17). The quantitative estimate of drug-likeness (QED) is 0.866. The number of amides is 1. The number of hydrogen-bond acceptors (Lipinski definition) is 5. The van der Waals surface area contributed by atoms with Gasteiger partial charge < -0.3 is 9.15 Å². The summed E-state index contributed by atoms with van der Waals surface area (Å²) in [5.74, 6) is -0.946. The monoisotopic (exact) mass is 274 g/mol. The maximum atomic E-state index is 11.9. The number of nitrogens with one attached hydrogen (secondary N) is 1. The second kappa shape index (κ2) is 6.01. The van der Waals surface area contributed by atoms with Gasteiger partial charge in [-0.15, -0.1) is 0 Å². The van der Waals surface area contributed by atoms with Crippen molar-refractivity contribution in [3.8, 4) is 0 Å². The minimum atomic E-state index is -0.590. The lowest BCUT2D eigenvalue weighted by Crippen LogP contribution is -2.12. The maximum Gasteiger partial charge on any atom is 0.360 e. The number of nitrogens with zero attached hydrogens (tertiary/aromatic N) is 1. The van der Waals surface area contributed by atoms with E-state index in [2.05, 4.69) is 10.3 Å². The van der Waals surface area contributed by atoms with Crippen LogP contribution < -0.4 is 5.32 Å². The van der Waals surface area contributed by atoms with Gasteiger partial charge in [-0.05, 0) is 26.0 Å². The summed E-state index contributed by atoms with van der Waals surface area (Å²) in [6, 6.07) is 7.05. The van der Waals surface area contributed by atoms with Gasteiger partial charge in [0.05, 0.1) is 6.61 Å². The predicted molar refractivity (Wildman–Crippen MR) is 71.6 cm³/mol. The molecule has 2 aromatic rings. The molecule has 1 heterocycles. The average molecular weight is 274 g/mol. The predicted octanol–water partition coefficient (Wildman–Crippen LogP) is 2.41. The molecule has 104 valence electrons. The van der Waals surface area contributed by atoms with Gasteiger partial charge in [-0.2, -0.15) is 4.98 Å². The number of rotatable bonds is 4. The van der Waals surface area contributed by atoms with Crippen LogP contribution in [-0.4, -0.2) is 23.5 Å². The van der Waals surface area contributed by atoms with Crippen LogP contribution in [-0.2, 0) is 4.74 Å². The smallest absolute Gasteiger partial charge is 0.360 e. The highest BCUT2D eigenvalue weighted by Gasteiger charge is 2.15. The number of esters is 1. The van der Waals surface area contributed by atoms with Gasteiger partial charge in [0.1, 0.15) is 6.26 Å². The first-order valence-corrected chi connectivity index (χ1v) is 6.11. The normalized spacial score (nSPS) is 10.1. The summed E-state index contributed by atoms with van der Waals surface area (Å²) in [7, 11) is 0. The van der Waals surface area contributed by atoms with Gasteiger partial charge in [0.15, 0.2) is 5.69 Å². The molecule has 0 radical (unpaired) electrons. The molecule has 20 heavy (non-hydrogen) atoms. The van der Waals surface area contributed by atoms with Crippen LogP contribution in [0.4, 0.5) is 6.01 Å². The number of carbonyl (C=O) groups excluding carboxylic acids is 2. The van der Waals surface area contributed by atoms with Crippen LogP contribution in [0.1, 0.15) is 33.3 Å². The van der Waals surface area contributed by atoms with E-state index in [9.17, 15) is 9.59 Å². The van der Waals surface area contributed by atoms with Gasteiger partial charge in [0, 0.05) is 5.56 Å². The van der Waals surface area contributed by atoms with E-state index in [0.717, 1.165) is 11.8 Å². The molecule has 0 unspecified atom stereocenters. The van der Waals surface area contributed by atoms with E-state index in [-0.39, 0.29) is 24.2 Å². The minimum Gasteiger partial charge on any atom is -0.461 e. The van der Waals surface area contributed by atoms with Gasteiger partial charge >= 0.3 is 12.0 Å². The van der Waals surface area contributed by atoms with Gasteiger partial charge in [-0.1, -0.05) is 17.7 Å². The van der Waals surface area contributed by atoms with Crippen LogP contribution in [0.2, 0.25) is 0 Å². The topological polar surface area (TPSA) is 81.4 Å². The Kier molecular flexibility index (Phi) is 4.14. The number of aromatic nitrogens is 1. The molecule has 1 aromatic heterocycles. The molecule has 1 amide bonds. The molecule has 0 atom stereocenters. The summed E-state index contributed by atoms with van der Waals surface area (Å²) in [6.07, 6.45) is 1.14. The molecule has 0 aliphatic heterocycles. The highest BCUT2D eigenvalue weighted by atomic mass is 16.5. The number of anilines is 1. The van der Waals surface area contributed by atoms with Crippen molar-refractivity contribution in [2.75, 3.05) is 11.9 Å². The van der Waals surface area contributed by atoms with Crippen LogP contribution in [0, 0.1) is 6.92 Å². The maximum absolute atomic E-state index is 11.9. The molecule has 6 nitrogen and oxygen atoms in total. The van der Waals surface area contributed by atoms with Crippen LogP contribution in [0.25, 0.3) is 0 Å². The number of carbonyl (C=O) groups is 2. The van der Waals surface area contributed by atoms with Gasteiger partial charge in [0.2, 0.25) is 0 Å². The van der Waals surface area contributed by atoms with Crippen molar-refractivity contribution in [2.45, 2.75) is 13.8 Å². The van der Waals surface area contributed by atoms with Crippen molar-refractivity contribution in [3.05, 3.63) is 47.3 Å². The summed E-state index contributed by atoms with van der Waals surface area (Å²) >= 11 is 0. The fourth-order valence-corrected chi connectivity index (χ4v) is 1.59. The number of ether oxygens (including phenoxy) is 1. The summed E-state index contributed by atoms with van der Waals surface area (Å²) in [5, 5.41) is 2.48. The zero-order valence-corrected chi connectivity index (χ0v) is 11.2. The second-order valence-corrected chi connectivity index (χ2v) is 4.08. The zero-order valence-electron chi connectivity index (χ0n) is 11.2. The highest BCUT2D eigenvalue weighted by molar-refractivity contribution is 6.03. The van der Waals surface area contributed by atoms with Gasteiger partial charge in [-0.25, -0.2) is 4.79 Å². The first-order valence-electron chi connectivity index (χ1n) is 6.11. The highest BCUT2D eigenvalue weighted by Crippen LogP contribution is 2.11.